The third-order valence-corrected chi connectivity index (χ3v) is 3.34. The van der Waals surface area contributed by atoms with E-state index in [2.05, 4.69) is 10.1 Å². The summed E-state index contributed by atoms with van der Waals surface area (Å²) < 4.78 is 28.2. The Kier molecular flexibility index (Phi) is 7.12. The van der Waals surface area contributed by atoms with Gasteiger partial charge < -0.3 is 15.8 Å². The predicted octanol–water partition coefficient (Wildman–Crippen LogP) is 1.15. The molecule has 0 aromatic carbocycles. The summed E-state index contributed by atoms with van der Waals surface area (Å²) in [7, 11) is 0. The largest absolute Gasteiger partial charge is 0.374 e. The van der Waals surface area contributed by atoms with E-state index in [0.717, 1.165) is 25.7 Å². The van der Waals surface area contributed by atoms with Gasteiger partial charge in [0, 0.05) is 12.5 Å². The van der Waals surface area contributed by atoms with Gasteiger partial charge in [-0.25, -0.2) is 8.78 Å². The minimum absolute atomic E-state index is 0.00567. The first-order valence-electron chi connectivity index (χ1n) is 6.47. The molecule has 6 heteroatoms. The summed E-state index contributed by atoms with van der Waals surface area (Å²) in [5.74, 6) is 0.595. The molecule has 1 rings (SSSR count). The first kappa shape index (κ1) is 15.3. The van der Waals surface area contributed by atoms with Crippen LogP contribution in [0.1, 0.15) is 25.7 Å². The molecule has 1 amide bonds. The number of ether oxygens (including phenoxy) is 1. The fourth-order valence-electron chi connectivity index (χ4n) is 2.22. The van der Waals surface area contributed by atoms with Gasteiger partial charge in [-0.2, -0.15) is 0 Å². The summed E-state index contributed by atoms with van der Waals surface area (Å²) in [6.07, 6.45) is 1.27. The molecule has 3 N–H and O–H groups in total. The van der Waals surface area contributed by atoms with Crippen molar-refractivity contribution in [3.63, 3.8) is 0 Å². The molecule has 0 aliphatic heterocycles. The molecule has 0 radical (unpaired) electrons. The fraction of sp³-hybridized carbons (Fsp3) is 0.917. The number of halogens is 2. The molecule has 18 heavy (non-hydrogen) atoms. The van der Waals surface area contributed by atoms with E-state index in [1.807, 2.05) is 0 Å². The van der Waals surface area contributed by atoms with Gasteiger partial charge in [0.1, 0.15) is 6.61 Å². The molecular weight excluding hydrogens is 242 g/mol. The van der Waals surface area contributed by atoms with Gasteiger partial charge in [-0.1, -0.05) is 0 Å². The summed E-state index contributed by atoms with van der Waals surface area (Å²) in [5.41, 5.74) is 5.58. The number of carbonyl (C=O) groups is 1. The van der Waals surface area contributed by atoms with E-state index >= 15 is 0 Å². The average Bonchev–Trinajstić information content (AvgIpc) is 2.38. The zero-order chi connectivity index (χ0) is 13.4. The Morgan fingerprint density at radius 2 is 2.00 bits per heavy atom. The number of carbonyl (C=O) groups excluding carboxylic acids is 1. The lowest BCUT2D eigenvalue weighted by atomic mass is 9.81. The van der Waals surface area contributed by atoms with Crippen LogP contribution in [-0.2, 0) is 9.53 Å². The van der Waals surface area contributed by atoms with Gasteiger partial charge in [0.05, 0.1) is 6.61 Å². The van der Waals surface area contributed by atoms with Crippen LogP contribution < -0.4 is 11.1 Å². The van der Waals surface area contributed by atoms with Gasteiger partial charge >= 0.3 is 0 Å². The summed E-state index contributed by atoms with van der Waals surface area (Å²) in [6.45, 7) is 0.546. The van der Waals surface area contributed by atoms with Crippen LogP contribution in [0.15, 0.2) is 0 Å². The molecule has 0 atom stereocenters. The Balaban J connectivity index is 2.07. The summed E-state index contributed by atoms with van der Waals surface area (Å²) in [6, 6.07) is 0. The zero-order valence-electron chi connectivity index (χ0n) is 10.5. The topological polar surface area (TPSA) is 64.4 Å². The van der Waals surface area contributed by atoms with Crippen molar-refractivity contribution in [2.75, 3.05) is 26.3 Å². The highest BCUT2D eigenvalue weighted by Crippen LogP contribution is 2.27. The van der Waals surface area contributed by atoms with E-state index < -0.39 is 13.0 Å². The number of amides is 1. The maximum atomic E-state index is 11.8. The van der Waals surface area contributed by atoms with Crippen molar-refractivity contribution >= 4 is 5.91 Å². The number of nitrogens with two attached hydrogens (primary N) is 1. The Morgan fingerprint density at radius 1 is 1.33 bits per heavy atom. The number of nitrogens with one attached hydrogen (secondary N) is 1. The molecule has 0 aromatic heterocycles. The minimum atomic E-state index is -2.45. The van der Waals surface area contributed by atoms with Crippen molar-refractivity contribution in [2.24, 2.45) is 17.6 Å². The summed E-state index contributed by atoms with van der Waals surface area (Å²) in [4.78, 5) is 11.7. The second kappa shape index (κ2) is 8.37. The monoisotopic (exact) mass is 264 g/mol. The van der Waals surface area contributed by atoms with Crippen LogP contribution >= 0.6 is 0 Å². The Morgan fingerprint density at radius 3 is 2.56 bits per heavy atom. The first-order chi connectivity index (χ1) is 8.63. The van der Waals surface area contributed by atoms with Crippen LogP contribution in [0.4, 0.5) is 8.78 Å². The van der Waals surface area contributed by atoms with Crippen molar-refractivity contribution in [3.8, 4) is 0 Å². The van der Waals surface area contributed by atoms with Gasteiger partial charge in [0.15, 0.2) is 0 Å². The van der Waals surface area contributed by atoms with Crippen molar-refractivity contribution in [3.05, 3.63) is 0 Å². The second-order valence-electron chi connectivity index (χ2n) is 4.71. The second-order valence-corrected chi connectivity index (χ2v) is 4.71. The molecule has 1 fully saturated rings. The van der Waals surface area contributed by atoms with Crippen molar-refractivity contribution in [1.29, 1.82) is 0 Å². The van der Waals surface area contributed by atoms with Crippen LogP contribution in [-0.4, -0.2) is 38.6 Å². The van der Waals surface area contributed by atoms with Crippen LogP contribution in [0, 0.1) is 11.8 Å². The van der Waals surface area contributed by atoms with E-state index in [1.165, 1.54) is 0 Å². The first-order valence-corrected chi connectivity index (χ1v) is 6.47. The van der Waals surface area contributed by atoms with Crippen LogP contribution in [0.2, 0.25) is 0 Å². The quantitative estimate of drug-likeness (QED) is 0.678. The fourth-order valence-corrected chi connectivity index (χ4v) is 2.22. The van der Waals surface area contributed by atoms with Crippen LogP contribution in [0.25, 0.3) is 0 Å². The smallest absolute Gasteiger partial charge is 0.261 e. The minimum Gasteiger partial charge on any atom is -0.374 e. The number of hydrogen-bond donors (Lipinski definition) is 2. The standard InChI is InChI=1S/C12H22F2N2O2/c13-11(14)8-18-6-5-16-12(17)10-3-1-9(7-15)2-4-10/h9-11H,1-8,15H2,(H,16,17). The normalized spacial score (nSPS) is 24.2. The number of rotatable bonds is 7. The highest BCUT2D eigenvalue weighted by atomic mass is 19.3. The average molecular weight is 264 g/mol. The van der Waals surface area contributed by atoms with Crippen molar-refractivity contribution in [2.45, 2.75) is 32.1 Å². The van der Waals surface area contributed by atoms with Gasteiger partial charge in [-0.05, 0) is 38.1 Å². The van der Waals surface area contributed by atoms with Crippen molar-refractivity contribution < 1.29 is 18.3 Å². The lowest BCUT2D eigenvalue weighted by Crippen LogP contribution is -2.36. The van der Waals surface area contributed by atoms with E-state index in [9.17, 15) is 13.6 Å². The molecule has 4 nitrogen and oxygen atoms in total. The van der Waals surface area contributed by atoms with E-state index in [4.69, 9.17) is 5.73 Å². The molecule has 1 aliphatic rings. The van der Waals surface area contributed by atoms with E-state index in [0.29, 0.717) is 19.0 Å². The lowest BCUT2D eigenvalue weighted by molar-refractivity contribution is -0.126. The maximum Gasteiger partial charge on any atom is 0.261 e. The summed E-state index contributed by atoms with van der Waals surface area (Å²) >= 11 is 0. The van der Waals surface area contributed by atoms with Crippen molar-refractivity contribution in [1.82, 2.24) is 5.32 Å². The Hall–Kier alpha value is -0.750. The highest BCUT2D eigenvalue weighted by Gasteiger charge is 2.25. The lowest BCUT2D eigenvalue weighted by Gasteiger charge is -2.26. The van der Waals surface area contributed by atoms with Crippen LogP contribution in [0.3, 0.4) is 0 Å². The molecule has 1 saturated carbocycles. The third-order valence-electron chi connectivity index (χ3n) is 3.34. The molecular formula is C12H22F2N2O2. The van der Waals surface area contributed by atoms with E-state index in [1.54, 1.807) is 0 Å². The molecule has 0 spiro atoms. The predicted molar refractivity (Wildman–Crippen MR) is 64.3 cm³/mol. The van der Waals surface area contributed by atoms with Gasteiger partial charge in [-0.3, -0.25) is 4.79 Å². The van der Waals surface area contributed by atoms with Crippen LogP contribution in [0.5, 0.6) is 0 Å². The Labute approximate surface area is 106 Å². The number of hydrogen-bond acceptors (Lipinski definition) is 3. The summed E-state index contributed by atoms with van der Waals surface area (Å²) in [5, 5.41) is 2.72. The molecule has 0 unspecified atom stereocenters. The maximum absolute atomic E-state index is 11.8. The van der Waals surface area contributed by atoms with Gasteiger partial charge in [0.2, 0.25) is 5.91 Å². The molecule has 106 valence electrons. The molecule has 0 saturated heterocycles. The Bertz CT molecular complexity index is 244. The zero-order valence-corrected chi connectivity index (χ0v) is 10.5. The highest BCUT2D eigenvalue weighted by molar-refractivity contribution is 5.78. The third kappa shape index (κ3) is 5.73. The SMILES string of the molecule is NCC1CCC(C(=O)NCCOCC(F)F)CC1. The van der Waals surface area contributed by atoms with Gasteiger partial charge in [0.25, 0.3) is 6.43 Å². The van der Waals surface area contributed by atoms with Gasteiger partial charge in [-0.15, -0.1) is 0 Å². The van der Waals surface area contributed by atoms with E-state index in [-0.39, 0.29) is 18.4 Å². The molecule has 0 aromatic rings. The number of alkyl halides is 2. The molecule has 1 aliphatic carbocycles. The molecule has 0 bridgehead atoms. The molecule has 0 heterocycles.